The van der Waals surface area contributed by atoms with Gasteiger partial charge >= 0.3 is 5.97 Å². The van der Waals surface area contributed by atoms with E-state index in [0.717, 1.165) is 14.0 Å². The van der Waals surface area contributed by atoms with E-state index in [9.17, 15) is 9.18 Å². The van der Waals surface area contributed by atoms with Gasteiger partial charge in [-0.05, 0) is 73.7 Å². The first-order valence-corrected chi connectivity index (χ1v) is 11.3. The molecule has 0 spiro atoms. The normalized spacial score (nSPS) is 10.9. The van der Waals surface area contributed by atoms with Crippen LogP contribution in [-0.4, -0.2) is 17.1 Å². The number of hydrogen-bond acceptors (Lipinski definition) is 5. The molecule has 0 aliphatic carbocycles. The number of rotatable bonds is 6. The van der Waals surface area contributed by atoms with Gasteiger partial charge in [0, 0.05) is 16.0 Å². The van der Waals surface area contributed by atoms with E-state index in [1.807, 2.05) is 26.8 Å². The Morgan fingerprint density at radius 3 is 2.53 bits per heavy atom. The second kappa shape index (κ2) is 9.98. The first-order valence-electron chi connectivity index (χ1n) is 9.01. The van der Waals surface area contributed by atoms with Gasteiger partial charge in [0.05, 0.1) is 20.3 Å². The summed E-state index contributed by atoms with van der Waals surface area (Å²) in [6, 6.07) is 11.3. The van der Waals surface area contributed by atoms with E-state index in [0.29, 0.717) is 16.5 Å². The number of aryl methyl sites for hydroxylation is 1. The van der Waals surface area contributed by atoms with Crippen molar-refractivity contribution < 1.29 is 18.7 Å². The van der Waals surface area contributed by atoms with Crippen molar-refractivity contribution in [3.05, 3.63) is 74.2 Å². The zero-order valence-electron chi connectivity index (χ0n) is 16.4. The standard InChI is InChI=1S/C22H18ClFINO3S/c1-12(2)28-21-19(25)8-15(11-26-21)30-20-10-18(24)16(9-17(20)23)22(27)29-14-6-4-13(3)5-7-14/h4-12H,1-3H3. The van der Waals surface area contributed by atoms with Gasteiger partial charge in [0.1, 0.15) is 11.6 Å². The van der Waals surface area contributed by atoms with E-state index in [4.69, 9.17) is 21.1 Å². The lowest BCUT2D eigenvalue weighted by atomic mass is 10.2. The number of benzene rings is 2. The Morgan fingerprint density at radius 1 is 1.20 bits per heavy atom. The molecular formula is C22H18ClFINO3S. The molecule has 0 radical (unpaired) electrons. The van der Waals surface area contributed by atoms with Crippen LogP contribution in [0.2, 0.25) is 5.02 Å². The molecule has 4 nitrogen and oxygen atoms in total. The highest BCUT2D eigenvalue weighted by Crippen LogP contribution is 2.36. The fraction of sp³-hybridized carbons (Fsp3) is 0.182. The van der Waals surface area contributed by atoms with Gasteiger partial charge in [-0.2, -0.15) is 0 Å². The summed E-state index contributed by atoms with van der Waals surface area (Å²) in [5, 5.41) is 0.245. The Balaban J connectivity index is 1.78. The fourth-order valence-electron chi connectivity index (χ4n) is 2.43. The molecule has 0 aliphatic rings. The van der Waals surface area contributed by atoms with E-state index in [1.165, 1.54) is 23.9 Å². The van der Waals surface area contributed by atoms with Crippen LogP contribution in [-0.2, 0) is 0 Å². The van der Waals surface area contributed by atoms with Crippen LogP contribution in [0, 0.1) is 16.3 Å². The molecule has 30 heavy (non-hydrogen) atoms. The van der Waals surface area contributed by atoms with Crippen LogP contribution >= 0.6 is 46.0 Å². The average molecular weight is 558 g/mol. The average Bonchev–Trinajstić information content (AvgIpc) is 2.68. The highest BCUT2D eigenvalue weighted by molar-refractivity contribution is 14.1. The van der Waals surface area contributed by atoms with Gasteiger partial charge in [-0.3, -0.25) is 0 Å². The van der Waals surface area contributed by atoms with Crippen molar-refractivity contribution in [1.29, 1.82) is 0 Å². The largest absolute Gasteiger partial charge is 0.474 e. The highest BCUT2D eigenvalue weighted by Gasteiger charge is 2.18. The number of halogens is 3. The third kappa shape index (κ3) is 5.86. The van der Waals surface area contributed by atoms with Gasteiger partial charge in [0.2, 0.25) is 5.88 Å². The third-order valence-electron chi connectivity index (χ3n) is 3.83. The molecule has 3 aromatic rings. The minimum Gasteiger partial charge on any atom is -0.474 e. The lowest BCUT2D eigenvalue weighted by Gasteiger charge is -2.12. The molecule has 1 aromatic heterocycles. The van der Waals surface area contributed by atoms with Crippen molar-refractivity contribution in [2.75, 3.05) is 0 Å². The first kappa shape index (κ1) is 22.8. The van der Waals surface area contributed by atoms with Gasteiger partial charge < -0.3 is 9.47 Å². The summed E-state index contributed by atoms with van der Waals surface area (Å²) >= 11 is 9.70. The maximum absolute atomic E-state index is 14.6. The predicted molar refractivity (Wildman–Crippen MR) is 124 cm³/mol. The molecule has 0 unspecified atom stereocenters. The molecule has 0 bridgehead atoms. The predicted octanol–water partition coefficient (Wildman–Crippen LogP) is 6.94. The zero-order chi connectivity index (χ0) is 21.8. The van der Waals surface area contributed by atoms with E-state index < -0.39 is 11.8 Å². The molecule has 1 heterocycles. The molecule has 2 aromatic carbocycles. The maximum atomic E-state index is 14.6. The summed E-state index contributed by atoms with van der Waals surface area (Å²) in [5.41, 5.74) is 0.802. The Kier molecular flexibility index (Phi) is 7.60. The number of nitrogens with zero attached hydrogens (tertiary/aromatic N) is 1. The first-order chi connectivity index (χ1) is 14.2. The Hall–Kier alpha value is -1.84. The summed E-state index contributed by atoms with van der Waals surface area (Å²) in [4.78, 5) is 17.9. The molecule has 0 N–H and O–H groups in total. The second-order valence-electron chi connectivity index (χ2n) is 6.69. The van der Waals surface area contributed by atoms with E-state index in [1.54, 1.807) is 30.5 Å². The molecule has 0 amide bonds. The number of pyridine rings is 1. The summed E-state index contributed by atoms with van der Waals surface area (Å²) < 4.78 is 26.3. The van der Waals surface area contributed by atoms with Crippen molar-refractivity contribution in [1.82, 2.24) is 4.98 Å². The number of carbonyl (C=O) groups excluding carboxylic acids is 1. The summed E-state index contributed by atoms with van der Waals surface area (Å²) in [6.07, 6.45) is 1.65. The molecular weight excluding hydrogens is 540 g/mol. The van der Waals surface area contributed by atoms with Crippen LogP contribution < -0.4 is 9.47 Å². The van der Waals surface area contributed by atoms with Crippen LogP contribution in [0.3, 0.4) is 0 Å². The molecule has 0 fully saturated rings. The minimum atomic E-state index is -0.804. The van der Waals surface area contributed by atoms with Crippen molar-refractivity contribution >= 4 is 51.9 Å². The van der Waals surface area contributed by atoms with Gasteiger partial charge in [0.25, 0.3) is 0 Å². The molecule has 0 saturated carbocycles. The lowest BCUT2D eigenvalue weighted by molar-refractivity contribution is 0.0729. The molecule has 156 valence electrons. The monoisotopic (exact) mass is 557 g/mol. The lowest BCUT2D eigenvalue weighted by Crippen LogP contribution is -2.11. The van der Waals surface area contributed by atoms with Gasteiger partial charge in [-0.15, -0.1) is 0 Å². The van der Waals surface area contributed by atoms with Crippen LogP contribution in [0.5, 0.6) is 11.6 Å². The third-order valence-corrected chi connectivity index (χ3v) is 6.04. The van der Waals surface area contributed by atoms with Crippen LogP contribution in [0.1, 0.15) is 29.8 Å². The van der Waals surface area contributed by atoms with E-state index in [-0.39, 0.29) is 16.7 Å². The van der Waals surface area contributed by atoms with Crippen molar-refractivity contribution in [2.45, 2.75) is 36.7 Å². The van der Waals surface area contributed by atoms with Crippen LogP contribution in [0.25, 0.3) is 0 Å². The quantitative estimate of drug-likeness (QED) is 0.187. The molecule has 0 atom stereocenters. The second-order valence-corrected chi connectivity index (χ2v) is 9.38. The topological polar surface area (TPSA) is 48.4 Å². The number of hydrogen-bond donors (Lipinski definition) is 0. The zero-order valence-corrected chi connectivity index (χ0v) is 20.1. The number of carbonyl (C=O) groups is 1. The van der Waals surface area contributed by atoms with E-state index >= 15 is 0 Å². The van der Waals surface area contributed by atoms with Gasteiger partial charge in [-0.25, -0.2) is 14.2 Å². The summed E-state index contributed by atoms with van der Waals surface area (Å²) in [7, 11) is 0. The molecule has 8 heteroatoms. The molecule has 3 rings (SSSR count). The van der Waals surface area contributed by atoms with Crippen molar-refractivity contribution in [2.24, 2.45) is 0 Å². The SMILES string of the molecule is Cc1ccc(OC(=O)c2cc(Cl)c(Sc3cnc(OC(C)C)c(I)c3)cc2F)cc1. The smallest absolute Gasteiger partial charge is 0.346 e. The number of esters is 1. The van der Waals surface area contributed by atoms with Crippen molar-refractivity contribution in [3.8, 4) is 11.6 Å². The molecule has 0 aliphatic heterocycles. The van der Waals surface area contributed by atoms with Crippen LogP contribution in [0.4, 0.5) is 4.39 Å². The van der Waals surface area contributed by atoms with Gasteiger partial charge in [-0.1, -0.05) is 41.1 Å². The Morgan fingerprint density at radius 2 is 1.90 bits per heavy atom. The summed E-state index contributed by atoms with van der Waals surface area (Å²) in [5.74, 6) is -0.631. The highest BCUT2D eigenvalue weighted by atomic mass is 127. The number of ether oxygens (including phenoxy) is 2. The minimum absolute atomic E-state index is 0.0141. The van der Waals surface area contributed by atoms with Crippen molar-refractivity contribution in [3.63, 3.8) is 0 Å². The Bertz CT molecular complexity index is 1080. The molecule has 0 saturated heterocycles. The number of aromatic nitrogens is 1. The Labute approximate surface area is 197 Å². The van der Waals surface area contributed by atoms with Crippen LogP contribution in [0.15, 0.2) is 58.5 Å². The van der Waals surface area contributed by atoms with Gasteiger partial charge in [0.15, 0.2) is 0 Å². The fourth-order valence-corrected chi connectivity index (χ4v) is 4.38. The van der Waals surface area contributed by atoms with E-state index in [2.05, 4.69) is 27.6 Å². The maximum Gasteiger partial charge on any atom is 0.346 e. The summed E-state index contributed by atoms with van der Waals surface area (Å²) in [6.45, 7) is 5.77.